The molecule has 0 aliphatic carbocycles. The van der Waals surface area contributed by atoms with Crippen LogP contribution in [0.2, 0.25) is 0 Å². The molecule has 0 saturated heterocycles. The van der Waals surface area contributed by atoms with Gasteiger partial charge in [-0.05, 0) is 6.92 Å². The standard InChI is InChI=1S/C3H8N2O3/c1-3(6,7)2(4)5-8/h6-8H,1H3,(H2,4,5). The molecule has 0 unspecified atom stereocenters. The van der Waals surface area contributed by atoms with Crippen LogP contribution < -0.4 is 5.73 Å². The minimum Gasteiger partial charge on any atom is -0.409 e. The monoisotopic (exact) mass is 120 g/mol. The van der Waals surface area contributed by atoms with Crippen LogP contribution >= 0.6 is 0 Å². The molecule has 0 aliphatic heterocycles. The zero-order valence-electron chi connectivity index (χ0n) is 4.37. The first kappa shape index (κ1) is 7.19. The summed E-state index contributed by atoms with van der Waals surface area (Å²) in [5, 5.41) is 27.0. The Bertz CT molecular complexity index is 104. The highest BCUT2D eigenvalue weighted by atomic mass is 16.5. The first-order valence-corrected chi connectivity index (χ1v) is 1.91. The molecular weight excluding hydrogens is 112 g/mol. The highest BCUT2D eigenvalue weighted by Gasteiger charge is 2.20. The van der Waals surface area contributed by atoms with Gasteiger partial charge in [0.2, 0.25) is 5.79 Å². The Balaban J connectivity index is 4.03. The highest BCUT2D eigenvalue weighted by molar-refractivity contribution is 5.85. The van der Waals surface area contributed by atoms with Gasteiger partial charge in [-0.15, -0.1) is 0 Å². The number of oxime groups is 1. The van der Waals surface area contributed by atoms with Crippen molar-refractivity contribution in [1.29, 1.82) is 0 Å². The SMILES string of the molecule is CC(O)(O)C(N)=NO. The number of nitrogens with two attached hydrogens (primary N) is 1. The quantitative estimate of drug-likeness (QED) is 0.110. The van der Waals surface area contributed by atoms with Crippen LogP contribution in [0.25, 0.3) is 0 Å². The summed E-state index contributed by atoms with van der Waals surface area (Å²) in [7, 11) is 0. The fraction of sp³-hybridized carbons (Fsp3) is 0.667. The minimum atomic E-state index is -2.21. The third-order valence-electron chi connectivity index (χ3n) is 0.593. The third kappa shape index (κ3) is 1.76. The van der Waals surface area contributed by atoms with Crippen molar-refractivity contribution in [3.63, 3.8) is 0 Å². The minimum absolute atomic E-state index is 0.627. The molecule has 0 radical (unpaired) electrons. The molecule has 0 amide bonds. The smallest absolute Gasteiger partial charge is 0.223 e. The molecular formula is C3H8N2O3. The molecule has 48 valence electrons. The molecule has 8 heavy (non-hydrogen) atoms. The second-order valence-electron chi connectivity index (χ2n) is 1.51. The van der Waals surface area contributed by atoms with Crippen molar-refractivity contribution in [2.45, 2.75) is 12.7 Å². The maximum Gasteiger partial charge on any atom is 0.223 e. The Labute approximate surface area is 46.0 Å². The van der Waals surface area contributed by atoms with E-state index < -0.39 is 11.6 Å². The van der Waals surface area contributed by atoms with E-state index in [1.165, 1.54) is 0 Å². The number of hydrogen-bond donors (Lipinski definition) is 4. The molecule has 0 rings (SSSR count). The summed E-state index contributed by atoms with van der Waals surface area (Å²) in [4.78, 5) is 0. The van der Waals surface area contributed by atoms with Crippen molar-refractivity contribution in [3.8, 4) is 0 Å². The number of nitrogens with zero attached hydrogens (tertiary/aromatic N) is 1. The molecule has 0 atom stereocenters. The third-order valence-corrected chi connectivity index (χ3v) is 0.593. The van der Waals surface area contributed by atoms with E-state index in [1.807, 2.05) is 0 Å². The largest absolute Gasteiger partial charge is 0.409 e. The van der Waals surface area contributed by atoms with Gasteiger partial charge in [0.05, 0.1) is 0 Å². The van der Waals surface area contributed by atoms with Crippen molar-refractivity contribution < 1.29 is 15.4 Å². The van der Waals surface area contributed by atoms with E-state index in [0.717, 1.165) is 6.92 Å². The van der Waals surface area contributed by atoms with E-state index in [-0.39, 0.29) is 0 Å². The Morgan fingerprint density at radius 2 is 2.00 bits per heavy atom. The number of rotatable bonds is 1. The van der Waals surface area contributed by atoms with E-state index >= 15 is 0 Å². The van der Waals surface area contributed by atoms with Crippen LogP contribution in [0.3, 0.4) is 0 Å². The first-order valence-electron chi connectivity index (χ1n) is 1.91. The normalized spacial score (nSPS) is 14.1. The van der Waals surface area contributed by atoms with Gasteiger partial charge in [-0.1, -0.05) is 5.16 Å². The molecule has 0 aromatic rings. The van der Waals surface area contributed by atoms with Gasteiger partial charge in [-0.25, -0.2) is 0 Å². The second-order valence-corrected chi connectivity index (χ2v) is 1.51. The summed E-state index contributed by atoms with van der Waals surface area (Å²) in [5.41, 5.74) is 4.75. The summed E-state index contributed by atoms with van der Waals surface area (Å²) in [5.74, 6) is -2.84. The molecule has 0 aromatic carbocycles. The predicted octanol–water partition coefficient (Wildman–Crippen LogP) is -1.57. The van der Waals surface area contributed by atoms with Gasteiger partial charge in [0, 0.05) is 0 Å². The van der Waals surface area contributed by atoms with Crippen LogP contribution in [0.5, 0.6) is 0 Å². The predicted molar refractivity (Wildman–Crippen MR) is 26.3 cm³/mol. The summed E-state index contributed by atoms with van der Waals surface area (Å²) >= 11 is 0. The number of amidine groups is 1. The van der Waals surface area contributed by atoms with Crippen molar-refractivity contribution >= 4 is 5.84 Å². The van der Waals surface area contributed by atoms with Crippen LogP contribution in [-0.4, -0.2) is 27.0 Å². The van der Waals surface area contributed by atoms with Crippen LogP contribution in [0, 0.1) is 0 Å². The van der Waals surface area contributed by atoms with Gasteiger partial charge in [0.15, 0.2) is 5.84 Å². The van der Waals surface area contributed by atoms with Crippen LogP contribution in [0.4, 0.5) is 0 Å². The van der Waals surface area contributed by atoms with Crippen LogP contribution in [0.15, 0.2) is 5.16 Å². The summed E-state index contributed by atoms with van der Waals surface area (Å²) in [6.45, 7) is 0.988. The van der Waals surface area contributed by atoms with Gasteiger partial charge >= 0.3 is 0 Å². The Kier molecular flexibility index (Phi) is 1.77. The first-order chi connectivity index (χ1) is 3.48. The lowest BCUT2D eigenvalue weighted by molar-refractivity contribution is -0.0844. The van der Waals surface area contributed by atoms with Crippen LogP contribution in [0.1, 0.15) is 6.92 Å². The molecule has 0 heterocycles. The maximum absolute atomic E-state index is 8.43. The molecule has 5 nitrogen and oxygen atoms in total. The number of hydrogen-bond acceptors (Lipinski definition) is 4. The van der Waals surface area contributed by atoms with E-state index in [4.69, 9.17) is 21.2 Å². The van der Waals surface area contributed by atoms with Gasteiger partial charge in [0.25, 0.3) is 0 Å². The lowest BCUT2D eigenvalue weighted by Gasteiger charge is -2.11. The second kappa shape index (κ2) is 1.97. The Morgan fingerprint density at radius 1 is 1.62 bits per heavy atom. The highest BCUT2D eigenvalue weighted by Crippen LogP contribution is 1.93. The van der Waals surface area contributed by atoms with E-state index in [0.29, 0.717) is 0 Å². The van der Waals surface area contributed by atoms with Gasteiger partial charge < -0.3 is 21.2 Å². The fourth-order valence-electron chi connectivity index (χ4n) is 0.0947. The average molecular weight is 120 g/mol. The zero-order chi connectivity index (χ0) is 6.78. The van der Waals surface area contributed by atoms with E-state index in [9.17, 15) is 0 Å². The Hall–Kier alpha value is -0.810. The lowest BCUT2D eigenvalue weighted by atomic mass is 10.3. The molecule has 0 aliphatic rings. The molecule has 5 N–H and O–H groups in total. The van der Waals surface area contributed by atoms with Crippen molar-refractivity contribution in [1.82, 2.24) is 0 Å². The average Bonchev–Trinajstić information content (AvgIpc) is 1.62. The molecule has 5 heteroatoms. The summed E-state index contributed by atoms with van der Waals surface area (Å²) in [6.07, 6.45) is 0. The van der Waals surface area contributed by atoms with Gasteiger partial charge in [-0.2, -0.15) is 0 Å². The summed E-state index contributed by atoms with van der Waals surface area (Å²) < 4.78 is 0. The fourth-order valence-corrected chi connectivity index (χ4v) is 0.0947. The van der Waals surface area contributed by atoms with Crippen molar-refractivity contribution in [2.75, 3.05) is 0 Å². The molecule has 0 spiro atoms. The van der Waals surface area contributed by atoms with Crippen LogP contribution in [-0.2, 0) is 0 Å². The Morgan fingerprint density at radius 3 is 2.00 bits per heavy atom. The summed E-state index contributed by atoms with van der Waals surface area (Å²) in [6, 6.07) is 0. The van der Waals surface area contributed by atoms with E-state index in [1.54, 1.807) is 0 Å². The van der Waals surface area contributed by atoms with Gasteiger partial charge in [-0.3, -0.25) is 0 Å². The van der Waals surface area contributed by atoms with Crippen molar-refractivity contribution in [2.24, 2.45) is 10.9 Å². The number of aliphatic hydroxyl groups is 2. The van der Waals surface area contributed by atoms with E-state index in [2.05, 4.69) is 5.16 Å². The maximum atomic E-state index is 8.43. The topological polar surface area (TPSA) is 99.1 Å². The molecule has 0 aromatic heterocycles. The zero-order valence-corrected chi connectivity index (χ0v) is 4.37. The molecule has 0 saturated carbocycles. The molecule has 0 fully saturated rings. The van der Waals surface area contributed by atoms with Crippen molar-refractivity contribution in [3.05, 3.63) is 0 Å². The van der Waals surface area contributed by atoms with Gasteiger partial charge in [0.1, 0.15) is 0 Å². The molecule has 0 bridgehead atoms. The lowest BCUT2D eigenvalue weighted by Crippen LogP contribution is -2.40.